The molecule has 0 saturated carbocycles. The van der Waals surface area contributed by atoms with E-state index in [1.807, 2.05) is 19.4 Å². The van der Waals surface area contributed by atoms with Crippen LogP contribution < -0.4 is 10.9 Å². The zero-order chi connectivity index (χ0) is 12.3. The molecule has 0 aliphatic heterocycles. The average Bonchev–Trinajstić information content (AvgIpc) is 2.63. The van der Waals surface area contributed by atoms with Crippen molar-refractivity contribution < 1.29 is 0 Å². The van der Waals surface area contributed by atoms with Gasteiger partial charge in [0, 0.05) is 24.4 Å². The Hall–Kier alpha value is -1.53. The van der Waals surface area contributed by atoms with E-state index in [1.54, 1.807) is 11.3 Å². The van der Waals surface area contributed by atoms with Gasteiger partial charge in [-0.25, -0.2) is 9.97 Å². The Balaban J connectivity index is 2.23. The minimum atomic E-state index is -0.118. The van der Waals surface area contributed by atoms with E-state index >= 15 is 0 Å². The predicted molar refractivity (Wildman–Crippen MR) is 67.3 cm³/mol. The number of thiazole rings is 1. The lowest BCUT2D eigenvalue weighted by molar-refractivity contribution is 0.766. The maximum Gasteiger partial charge on any atom is 0.251 e. The fourth-order valence-electron chi connectivity index (χ4n) is 1.58. The first-order chi connectivity index (χ1) is 8.17. The van der Waals surface area contributed by atoms with Gasteiger partial charge < -0.3 is 10.3 Å². The van der Waals surface area contributed by atoms with Crippen molar-refractivity contribution in [2.75, 3.05) is 7.05 Å². The van der Waals surface area contributed by atoms with Gasteiger partial charge in [-0.15, -0.1) is 11.3 Å². The second kappa shape index (κ2) is 5.20. The smallest absolute Gasteiger partial charge is 0.251 e. The zero-order valence-electron chi connectivity index (χ0n) is 9.78. The van der Waals surface area contributed by atoms with E-state index in [-0.39, 0.29) is 5.56 Å². The molecule has 0 aromatic carbocycles. The molecule has 2 heterocycles. The van der Waals surface area contributed by atoms with Crippen LogP contribution in [-0.2, 0) is 13.0 Å². The maximum atomic E-state index is 11.4. The molecule has 0 saturated heterocycles. The lowest BCUT2D eigenvalue weighted by Crippen LogP contribution is -2.16. The van der Waals surface area contributed by atoms with E-state index < -0.39 is 0 Å². The van der Waals surface area contributed by atoms with Crippen LogP contribution in [0.3, 0.4) is 0 Å². The Morgan fingerprint density at radius 1 is 1.41 bits per heavy atom. The summed E-state index contributed by atoms with van der Waals surface area (Å²) in [5.74, 6) is 0.660. The van der Waals surface area contributed by atoms with Gasteiger partial charge in [-0.2, -0.15) is 0 Å². The normalized spacial score (nSPS) is 10.7. The van der Waals surface area contributed by atoms with Crippen LogP contribution in [0.4, 0.5) is 0 Å². The summed E-state index contributed by atoms with van der Waals surface area (Å²) < 4.78 is 0. The highest BCUT2D eigenvalue weighted by atomic mass is 32.1. The Labute approximate surface area is 103 Å². The van der Waals surface area contributed by atoms with Crippen LogP contribution in [0, 0.1) is 6.92 Å². The summed E-state index contributed by atoms with van der Waals surface area (Å²) in [6, 6.07) is 1.51. The first-order valence-electron chi connectivity index (χ1n) is 5.32. The number of hydrogen-bond acceptors (Lipinski definition) is 5. The number of aromatic nitrogens is 3. The molecule has 0 fully saturated rings. The van der Waals surface area contributed by atoms with Crippen molar-refractivity contribution in [2.24, 2.45) is 0 Å². The maximum absolute atomic E-state index is 11.4. The van der Waals surface area contributed by atoms with Gasteiger partial charge in [0.15, 0.2) is 0 Å². The van der Waals surface area contributed by atoms with Gasteiger partial charge in [0.2, 0.25) is 0 Å². The van der Waals surface area contributed by atoms with E-state index in [1.165, 1.54) is 6.07 Å². The lowest BCUT2D eigenvalue weighted by atomic mass is 10.3. The number of nitrogens with zero attached hydrogens (tertiary/aromatic N) is 2. The predicted octanol–water partition coefficient (Wildman–Crippen LogP) is 0.845. The Kier molecular flexibility index (Phi) is 3.65. The third-order valence-corrected chi connectivity index (χ3v) is 3.04. The third kappa shape index (κ3) is 3.21. The van der Waals surface area contributed by atoms with Gasteiger partial charge in [-0.1, -0.05) is 0 Å². The Bertz CT molecular complexity index is 561. The van der Waals surface area contributed by atoms with Gasteiger partial charge in [-0.3, -0.25) is 4.79 Å². The number of rotatable bonds is 4. The van der Waals surface area contributed by atoms with E-state index in [0.717, 1.165) is 16.4 Å². The monoisotopic (exact) mass is 250 g/mol. The molecular formula is C11H14N4OS. The van der Waals surface area contributed by atoms with Crippen LogP contribution >= 0.6 is 11.3 Å². The molecular weight excluding hydrogens is 236 g/mol. The summed E-state index contributed by atoms with van der Waals surface area (Å²) in [6.07, 6.45) is 0.567. The van der Waals surface area contributed by atoms with Crippen molar-refractivity contribution in [1.29, 1.82) is 0 Å². The van der Waals surface area contributed by atoms with Crippen LogP contribution in [-0.4, -0.2) is 22.0 Å². The van der Waals surface area contributed by atoms with E-state index in [4.69, 9.17) is 0 Å². The van der Waals surface area contributed by atoms with Gasteiger partial charge in [0.25, 0.3) is 5.56 Å². The van der Waals surface area contributed by atoms with Crippen molar-refractivity contribution >= 4 is 11.3 Å². The van der Waals surface area contributed by atoms with E-state index in [2.05, 4.69) is 20.3 Å². The van der Waals surface area contributed by atoms with Crippen molar-refractivity contribution in [1.82, 2.24) is 20.3 Å². The largest absolute Gasteiger partial charge is 0.314 e. The van der Waals surface area contributed by atoms with Crippen molar-refractivity contribution in [3.05, 3.63) is 44.0 Å². The SMILES string of the molecule is CNCc1cc(=O)[nH]c(Cc2csc(C)n2)n1. The van der Waals surface area contributed by atoms with E-state index in [0.29, 0.717) is 18.8 Å². The zero-order valence-corrected chi connectivity index (χ0v) is 10.6. The minimum absolute atomic E-state index is 0.118. The topological polar surface area (TPSA) is 70.7 Å². The molecule has 0 spiro atoms. The molecule has 2 N–H and O–H groups in total. The Morgan fingerprint density at radius 3 is 2.88 bits per heavy atom. The van der Waals surface area contributed by atoms with Crippen LogP contribution in [0.1, 0.15) is 22.2 Å². The number of H-pyrrole nitrogens is 1. The van der Waals surface area contributed by atoms with Crippen LogP contribution in [0.25, 0.3) is 0 Å². The van der Waals surface area contributed by atoms with Crippen molar-refractivity contribution in [3.8, 4) is 0 Å². The fourth-order valence-corrected chi connectivity index (χ4v) is 2.19. The molecule has 0 aliphatic rings. The third-order valence-electron chi connectivity index (χ3n) is 2.22. The summed E-state index contributed by atoms with van der Waals surface area (Å²) in [4.78, 5) is 22.9. The van der Waals surface area contributed by atoms with Crippen LogP contribution in [0.2, 0.25) is 0 Å². The Morgan fingerprint density at radius 2 is 2.24 bits per heavy atom. The van der Waals surface area contributed by atoms with Gasteiger partial charge in [0.05, 0.1) is 16.4 Å². The molecule has 6 heteroatoms. The van der Waals surface area contributed by atoms with Crippen LogP contribution in [0.5, 0.6) is 0 Å². The summed E-state index contributed by atoms with van der Waals surface area (Å²) in [5.41, 5.74) is 1.57. The fraction of sp³-hybridized carbons (Fsp3) is 0.364. The number of hydrogen-bond donors (Lipinski definition) is 2. The molecule has 0 amide bonds. The molecule has 0 bridgehead atoms. The first kappa shape index (κ1) is 11.9. The quantitative estimate of drug-likeness (QED) is 0.843. The van der Waals surface area contributed by atoms with Crippen molar-refractivity contribution in [2.45, 2.75) is 19.9 Å². The highest BCUT2D eigenvalue weighted by Gasteiger charge is 2.04. The molecule has 90 valence electrons. The van der Waals surface area contributed by atoms with Gasteiger partial charge >= 0.3 is 0 Å². The number of nitrogens with one attached hydrogen (secondary N) is 2. The summed E-state index contributed by atoms with van der Waals surface area (Å²) in [6.45, 7) is 2.55. The average molecular weight is 250 g/mol. The second-order valence-electron chi connectivity index (χ2n) is 3.75. The van der Waals surface area contributed by atoms with Gasteiger partial charge in [0.1, 0.15) is 5.82 Å². The highest BCUT2D eigenvalue weighted by Crippen LogP contribution is 2.10. The number of aromatic amines is 1. The van der Waals surface area contributed by atoms with E-state index in [9.17, 15) is 4.79 Å². The standard InChI is InChI=1S/C11H14N4OS/c1-7-13-9(6-17-7)3-10-14-8(5-12-2)4-11(16)15-10/h4,6,12H,3,5H2,1-2H3,(H,14,15,16). The number of aryl methyl sites for hydroxylation is 1. The molecule has 2 aromatic rings. The molecule has 0 atom stereocenters. The summed E-state index contributed by atoms with van der Waals surface area (Å²) >= 11 is 1.60. The second-order valence-corrected chi connectivity index (χ2v) is 4.81. The molecule has 0 unspecified atom stereocenters. The molecule has 2 rings (SSSR count). The van der Waals surface area contributed by atoms with Crippen molar-refractivity contribution in [3.63, 3.8) is 0 Å². The molecule has 5 nitrogen and oxygen atoms in total. The molecule has 2 aromatic heterocycles. The molecule has 0 aliphatic carbocycles. The first-order valence-corrected chi connectivity index (χ1v) is 6.20. The molecule has 17 heavy (non-hydrogen) atoms. The van der Waals surface area contributed by atoms with Crippen LogP contribution in [0.15, 0.2) is 16.2 Å². The highest BCUT2D eigenvalue weighted by molar-refractivity contribution is 7.09. The summed E-state index contributed by atoms with van der Waals surface area (Å²) in [5, 5.41) is 5.99. The van der Waals surface area contributed by atoms with Gasteiger partial charge in [-0.05, 0) is 14.0 Å². The lowest BCUT2D eigenvalue weighted by Gasteiger charge is -2.02. The summed E-state index contributed by atoms with van der Waals surface area (Å²) in [7, 11) is 1.83. The minimum Gasteiger partial charge on any atom is -0.314 e. The molecule has 0 radical (unpaired) electrons.